The van der Waals surface area contributed by atoms with Gasteiger partial charge in [0.05, 0.1) is 11.9 Å². The van der Waals surface area contributed by atoms with Crippen molar-refractivity contribution in [3.8, 4) is 0 Å². The van der Waals surface area contributed by atoms with E-state index in [2.05, 4.69) is 27.4 Å². The van der Waals surface area contributed by atoms with Crippen LogP contribution in [0.5, 0.6) is 0 Å². The van der Waals surface area contributed by atoms with Crippen LogP contribution in [0.4, 0.5) is 0 Å². The molecule has 2 fully saturated rings. The Balaban J connectivity index is 1.53. The number of benzene rings is 1. The van der Waals surface area contributed by atoms with Gasteiger partial charge in [0.2, 0.25) is 5.89 Å². The molecule has 26 heavy (non-hydrogen) atoms. The number of aromatic nitrogens is 2. The number of hydrogen-bond donors (Lipinski definition) is 1. The van der Waals surface area contributed by atoms with Crippen molar-refractivity contribution in [3.05, 3.63) is 46.6 Å². The van der Waals surface area contributed by atoms with E-state index in [1.54, 1.807) is 40.9 Å². The summed E-state index contributed by atoms with van der Waals surface area (Å²) in [5, 5.41) is 8.15. The fourth-order valence-electron chi connectivity index (χ4n) is 3.22. The van der Waals surface area contributed by atoms with Gasteiger partial charge in [0.15, 0.2) is 5.82 Å². The van der Waals surface area contributed by atoms with Crippen LogP contribution in [-0.4, -0.2) is 64.2 Å². The third-order valence-electron chi connectivity index (χ3n) is 4.79. The molecule has 138 valence electrons. The standard InChI is InChI=1S/C17H20ClN5O2S/c1-22-7-6-19-8-13(22)15-20-16(25-21-15)14-9-26-10-23(14)17(24)11-2-4-12(18)5-3-11/h2-5,13-14,19H,6-10H2,1H3. The molecular weight excluding hydrogens is 374 g/mol. The number of piperazine rings is 1. The molecule has 4 rings (SSSR count). The summed E-state index contributed by atoms with van der Waals surface area (Å²) < 4.78 is 5.54. The van der Waals surface area contributed by atoms with Crippen molar-refractivity contribution in [1.29, 1.82) is 0 Å². The Morgan fingerprint density at radius 1 is 1.35 bits per heavy atom. The summed E-state index contributed by atoms with van der Waals surface area (Å²) in [7, 11) is 2.06. The summed E-state index contributed by atoms with van der Waals surface area (Å²) in [4.78, 5) is 21.5. The zero-order valence-electron chi connectivity index (χ0n) is 14.4. The van der Waals surface area contributed by atoms with Gasteiger partial charge in [-0.25, -0.2) is 0 Å². The predicted molar refractivity (Wildman–Crippen MR) is 100 cm³/mol. The number of nitrogens with one attached hydrogen (secondary N) is 1. The second-order valence-electron chi connectivity index (χ2n) is 6.49. The number of nitrogens with zero attached hydrogens (tertiary/aromatic N) is 4. The Kier molecular flexibility index (Phi) is 5.17. The molecule has 1 amide bonds. The van der Waals surface area contributed by atoms with Crippen LogP contribution in [0.2, 0.25) is 5.02 Å². The SMILES string of the molecule is CN1CCNCC1c1noc(C2CSCN2C(=O)c2ccc(Cl)cc2)n1. The lowest BCUT2D eigenvalue weighted by Crippen LogP contribution is -2.44. The van der Waals surface area contributed by atoms with Crippen LogP contribution >= 0.6 is 23.4 Å². The van der Waals surface area contributed by atoms with Gasteiger partial charge in [0.1, 0.15) is 6.04 Å². The molecular formula is C17H20ClN5O2S. The van der Waals surface area contributed by atoms with Gasteiger partial charge in [-0.05, 0) is 31.3 Å². The van der Waals surface area contributed by atoms with Crippen molar-refractivity contribution in [2.24, 2.45) is 0 Å². The number of thioether (sulfide) groups is 1. The minimum absolute atomic E-state index is 0.0483. The van der Waals surface area contributed by atoms with Gasteiger partial charge in [-0.3, -0.25) is 9.69 Å². The number of amides is 1. The fourth-order valence-corrected chi connectivity index (χ4v) is 4.49. The second-order valence-corrected chi connectivity index (χ2v) is 7.93. The molecule has 2 unspecified atom stereocenters. The normalized spacial score (nSPS) is 24.2. The van der Waals surface area contributed by atoms with Gasteiger partial charge < -0.3 is 14.7 Å². The number of hydrogen-bond acceptors (Lipinski definition) is 7. The Bertz CT molecular complexity index is 784. The first-order valence-corrected chi connectivity index (χ1v) is 10.1. The maximum Gasteiger partial charge on any atom is 0.255 e. The molecule has 3 heterocycles. The highest BCUT2D eigenvalue weighted by Crippen LogP contribution is 2.34. The number of halogens is 1. The molecule has 1 aromatic carbocycles. The summed E-state index contributed by atoms with van der Waals surface area (Å²) >= 11 is 7.60. The Morgan fingerprint density at radius 3 is 2.92 bits per heavy atom. The van der Waals surface area contributed by atoms with E-state index in [0.29, 0.717) is 28.2 Å². The third kappa shape index (κ3) is 3.46. The summed E-state index contributed by atoms with van der Waals surface area (Å²) in [5.74, 6) is 2.48. The molecule has 1 aromatic heterocycles. The molecule has 2 aliphatic heterocycles. The molecule has 0 radical (unpaired) electrons. The molecule has 0 bridgehead atoms. The van der Waals surface area contributed by atoms with E-state index in [9.17, 15) is 4.79 Å². The highest BCUT2D eigenvalue weighted by atomic mass is 35.5. The lowest BCUT2D eigenvalue weighted by molar-refractivity contribution is 0.0722. The maximum atomic E-state index is 12.9. The molecule has 0 saturated carbocycles. The predicted octanol–water partition coefficient (Wildman–Crippen LogP) is 2.19. The van der Waals surface area contributed by atoms with E-state index in [1.165, 1.54) is 0 Å². The third-order valence-corrected chi connectivity index (χ3v) is 6.05. The van der Waals surface area contributed by atoms with Crippen LogP contribution in [0.1, 0.15) is 34.2 Å². The van der Waals surface area contributed by atoms with Gasteiger partial charge in [0, 0.05) is 36.0 Å². The van der Waals surface area contributed by atoms with E-state index in [1.807, 2.05) is 0 Å². The quantitative estimate of drug-likeness (QED) is 0.856. The topological polar surface area (TPSA) is 74.5 Å². The highest BCUT2D eigenvalue weighted by molar-refractivity contribution is 7.99. The Labute approximate surface area is 161 Å². The number of carbonyl (C=O) groups excluding carboxylic acids is 1. The molecule has 2 atom stereocenters. The van der Waals surface area contributed by atoms with E-state index < -0.39 is 0 Å². The molecule has 7 nitrogen and oxygen atoms in total. The smallest absolute Gasteiger partial charge is 0.255 e. The van der Waals surface area contributed by atoms with Crippen molar-refractivity contribution in [1.82, 2.24) is 25.3 Å². The largest absolute Gasteiger partial charge is 0.337 e. The van der Waals surface area contributed by atoms with Crippen molar-refractivity contribution in [3.63, 3.8) is 0 Å². The van der Waals surface area contributed by atoms with E-state index in [4.69, 9.17) is 16.1 Å². The van der Waals surface area contributed by atoms with Gasteiger partial charge in [-0.2, -0.15) is 4.98 Å². The van der Waals surface area contributed by atoms with Crippen LogP contribution in [0.3, 0.4) is 0 Å². The molecule has 2 aliphatic rings. The monoisotopic (exact) mass is 393 g/mol. The van der Waals surface area contributed by atoms with Gasteiger partial charge in [-0.15, -0.1) is 11.8 Å². The molecule has 0 spiro atoms. The molecule has 1 N–H and O–H groups in total. The Hall–Kier alpha value is -1.61. The van der Waals surface area contributed by atoms with Crippen LogP contribution in [0, 0.1) is 0 Å². The summed E-state index contributed by atoms with van der Waals surface area (Å²) in [6.45, 7) is 2.69. The van der Waals surface area contributed by atoms with Crippen LogP contribution < -0.4 is 5.32 Å². The average molecular weight is 394 g/mol. The lowest BCUT2D eigenvalue weighted by atomic mass is 10.1. The van der Waals surface area contributed by atoms with Crippen molar-refractivity contribution in [2.45, 2.75) is 12.1 Å². The number of carbonyl (C=O) groups is 1. The number of likely N-dealkylation sites (N-methyl/N-ethyl adjacent to an activating group) is 1. The first kappa shape index (κ1) is 17.8. The lowest BCUT2D eigenvalue weighted by Gasteiger charge is -2.30. The highest BCUT2D eigenvalue weighted by Gasteiger charge is 2.36. The minimum Gasteiger partial charge on any atom is -0.337 e. The number of rotatable bonds is 3. The molecule has 0 aliphatic carbocycles. The van der Waals surface area contributed by atoms with Gasteiger partial charge >= 0.3 is 0 Å². The van der Waals surface area contributed by atoms with E-state index in [-0.39, 0.29) is 18.0 Å². The van der Waals surface area contributed by atoms with Crippen molar-refractivity contribution < 1.29 is 9.32 Å². The van der Waals surface area contributed by atoms with Crippen LogP contribution in [0.15, 0.2) is 28.8 Å². The van der Waals surface area contributed by atoms with Gasteiger partial charge in [0.25, 0.3) is 5.91 Å². The molecule has 2 saturated heterocycles. The maximum absolute atomic E-state index is 12.9. The Morgan fingerprint density at radius 2 is 2.15 bits per heavy atom. The van der Waals surface area contributed by atoms with Crippen LogP contribution in [0.25, 0.3) is 0 Å². The fraction of sp³-hybridized carbons (Fsp3) is 0.471. The zero-order chi connectivity index (χ0) is 18.1. The van der Waals surface area contributed by atoms with Crippen LogP contribution in [-0.2, 0) is 0 Å². The first-order chi connectivity index (χ1) is 12.6. The average Bonchev–Trinajstić information content (AvgIpc) is 3.31. The van der Waals surface area contributed by atoms with Crippen molar-refractivity contribution >= 4 is 29.3 Å². The first-order valence-electron chi connectivity index (χ1n) is 8.52. The summed E-state index contributed by atoms with van der Waals surface area (Å²) in [6.07, 6.45) is 0. The summed E-state index contributed by atoms with van der Waals surface area (Å²) in [5.41, 5.74) is 0.609. The molecule has 2 aromatic rings. The van der Waals surface area contributed by atoms with Crippen molar-refractivity contribution in [2.75, 3.05) is 38.3 Å². The zero-order valence-corrected chi connectivity index (χ0v) is 16.0. The second kappa shape index (κ2) is 7.56. The molecule has 9 heteroatoms. The van der Waals surface area contributed by atoms with E-state index in [0.717, 1.165) is 25.4 Å². The summed E-state index contributed by atoms with van der Waals surface area (Å²) in [6, 6.07) is 6.83. The van der Waals surface area contributed by atoms with E-state index >= 15 is 0 Å². The minimum atomic E-state index is -0.203. The van der Waals surface area contributed by atoms with Gasteiger partial charge in [-0.1, -0.05) is 16.8 Å².